The molecule has 1 aromatic carbocycles. The Morgan fingerprint density at radius 1 is 1.17 bits per heavy atom. The van der Waals surface area contributed by atoms with Gasteiger partial charge in [-0.2, -0.15) is 0 Å². The van der Waals surface area contributed by atoms with Crippen LogP contribution in [-0.4, -0.2) is 62.3 Å². The molecule has 2 fully saturated rings. The fourth-order valence-electron chi connectivity index (χ4n) is 5.05. The Kier molecular flexibility index (Phi) is 9.39. The normalized spacial score (nSPS) is 22.7. The highest BCUT2D eigenvalue weighted by Gasteiger charge is 2.32. The molecule has 6 nitrogen and oxygen atoms in total. The molecule has 0 spiro atoms. The molecule has 36 heavy (non-hydrogen) atoms. The third-order valence-electron chi connectivity index (χ3n) is 7.13. The number of pyridine rings is 1. The standard InChI is InChI=1S/C27H37ClF2N4O2/c1-18(16-35-2)33-20-4-6-21(7-5-20)34-26-14-22(23(28)15-31-26)19-3-8-24(29)25(13-19)32-17-27(30)9-11-36-12-10-27/h3,8,13-15,18,20-21,32-33H,4-7,9-12,16-17H2,1-2H3,(H,31,34)/t18-,20-,21-/m0/s1. The fraction of sp³-hybridized carbons (Fsp3) is 0.593. The smallest absolute Gasteiger partial charge is 0.146 e. The van der Waals surface area contributed by atoms with Crippen molar-refractivity contribution in [2.45, 2.75) is 69.2 Å². The molecule has 3 N–H and O–H groups in total. The molecule has 4 rings (SSSR count). The number of rotatable bonds is 10. The molecule has 198 valence electrons. The molecule has 1 aliphatic heterocycles. The summed E-state index contributed by atoms with van der Waals surface area (Å²) in [5, 5.41) is 10.6. The van der Waals surface area contributed by atoms with Crippen LogP contribution in [0.15, 0.2) is 30.5 Å². The third kappa shape index (κ3) is 7.28. The number of nitrogens with zero attached hydrogens (tertiary/aromatic N) is 1. The van der Waals surface area contributed by atoms with Crippen molar-refractivity contribution in [3.8, 4) is 11.1 Å². The average molecular weight is 523 g/mol. The summed E-state index contributed by atoms with van der Waals surface area (Å²) in [4.78, 5) is 4.47. The first-order valence-corrected chi connectivity index (χ1v) is 13.2. The Morgan fingerprint density at radius 3 is 2.61 bits per heavy atom. The highest BCUT2D eigenvalue weighted by molar-refractivity contribution is 6.33. The van der Waals surface area contributed by atoms with Crippen molar-refractivity contribution in [1.82, 2.24) is 10.3 Å². The molecule has 0 bridgehead atoms. The Morgan fingerprint density at radius 2 is 1.89 bits per heavy atom. The van der Waals surface area contributed by atoms with Crippen LogP contribution in [0.3, 0.4) is 0 Å². The molecular formula is C27H37ClF2N4O2. The zero-order valence-corrected chi connectivity index (χ0v) is 21.8. The number of ether oxygens (including phenoxy) is 2. The van der Waals surface area contributed by atoms with Crippen molar-refractivity contribution >= 4 is 23.1 Å². The van der Waals surface area contributed by atoms with Gasteiger partial charge in [0.25, 0.3) is 0 Å². The maximum atomic E-state index is 15.0. The van der Waals surface area contributed by atoms with Crippen molar-refractivity contribution in [3.05, 3.63) is 41.3 Å². The van der Waals surface area contributed by atoms with E-state index in [4.69, 9.17) is 21.1 Å². The first-order chi connectivity index (χ1) is 17.3. The fourth-order valence-corrected chi connectivity index (χ4v) is 5.26. The molecule has 1 atom stereocenters. The van der Waals surface area contributed by atoms with Crippen molar-refractivity contribution in [2.75, 3.05) is 44.1 Å². The third-order valence-corrected chi connectivity index (χ3v) is 7.43. The van der Waals surface area contributed by atoms with Crippen LogP contribution in [0.4, 0.5) is 20.3 Å². The van der Waals surface area contributed by atoms with Gasteiger partial charge in [-0.1, -0.05) is 17.7 Å². The van der Waals surface area contributed by atoms with Crippen molar-refractivity contribution < 1.29 is 18.3 Å². The van der Waals surface area contributed by atoms with Crippen molar-refractivity contribution in [3.63, 3.8) is 0 Å². The van der Waals surface area contributed by atoms with Crippen LogP contribution in [0.5, 0.6) is 0 Å². The number of nitrogens with one attached hydrogen (secondary N) is 3. The van der Waals surface area contributed by atoms with E-state index in [-0.39, 0.29) is 12.2 Å². The van der Waals surface area contributed by atoms with Crippen LogP contribution in [0.25, 0.3) is 11.1 Å². The van der Waals surface area contributed by atoms with E-state index in [0.717, 1.165) is 42.6 Å². The first kappa shape index (κ1) is 27.0. The zero-order valence-electron chi connectivity index (χ0n) is 21.1. The number of benzene rings is 1. The van der Waals surface area contributed by atoms with Crippen LogP contribution in [0.1, 0.15) is 45.4 Å². The molecule has 1 aromatic heterocycles. The topological polar surface area (TPSA) is 67.4 Å². The Balaban J connectivity index is 1.39. The Hall–Kier alpha value is -2.00. The zero-order chi connectivity index (χ0) is 25.5. The highest BCUT2D eigenvalue weighted by atomic mass is 35.5. The van der Waals surface area contributed by atoms with Crippen LogP contribution in [-0.2, 0) is 9.47 Å². The van der Waals surface area contributed by atoms with Gasteiger partial charge in [0.05, 0.1) is 17.3 Å². The Labute approximate surface area is 217 Å². The summed E-state index contributed by atoms with van der Waals surface area (Å²) in [6.07, 6.45) is 6.47. The van der Waals surface area contributed by atoms with E-state index >= 15 is 0 Å². The second kappa shape index (κ2) is 12.5. The van der Waals surface area contributed by atoms with Crippen LogP contribution >= 0.6 is 11.6 Å². The molecule has 1 aliphatic carbocycles. The molecule has 2 heterocycles. The molecule has 1 saturated heterocycles. The molecule has 9 heteroatoms. The minimum absolute atomic E-state index is 0.0371. The second-order valence-electron chi connectivity index (χ2n) is 10.1. The molecule has 0 unspecified atom stereocenters. The van der Waals surface area contributed by atoms with E-state index in [2.05, 4.69) is 27.9 Å². The van der Waals surface area contributed by atoms with Crippen LogP contribution in [0, 0.1) is 5.82 Å². The summed E-state index contributed by atoms with van der Waals surface area (Å²) >= 11 is 6.48. The summed E-state index contributed by atoms with van der Waals surface area (Å²) in [7, 11) is 1.72. The number of methoxy groups -OCH3 is 1. The molecule has 0 radical (unpaired) electrons. The number of alkyl halides is 1. The van der Waals surface area contributed by atoms with Crippen molar-refractivity contribution in [1.29, 1.82) is 0 Å². The van der Waals surface area contributed by atoms with Crippen molar-refractivity contribution in [2.24, 2.45) is 0 Å². The predicted octanol–water partition coefficient (Wildman–Crippen LogP) is 5.82. The number of aromatic nitrogens is 1. The highest BCUT2D eigenvalue weighted by Crippen LogP contribution is 2.33. The minimum Gasteiger partial charge on any atom is -0.383 e. The maximum Gasteiger partial charge on any atom is 0.146 e. The van der Waals surface area contributed by atoms with Gasteiger partial charge >= 0.3 is 0 Å². The molecule has 0 amide bonds. The first-order valence-electron chi connectivity index (χ1n) is 12.8. The van der Waals surface area contributed by atoms with E-state index in [1.54, 1.807) is 25.4 Å². The maximum absolute atomic E-state index is 15.0. The summed E-state index contributed by atoms with van der Waals surface area (Å²) < 4.78 is 40.0. The minimum atomic E-state index is -1.40. The van der Waals surface area contributed by atoms with E-state index in [1.807, 2.05) is 6.07 Å². The quantitative estimate of drug-likeness (QED) is 0.365. The van der Waals surface area contributed by atoms with Gasteiger partial charge in [0.2, 0.25) is 0 Å². The average Bonchev–Trinajstić information content (AvgIpc) is 2.87. The largest absolute Gasteiger partial charge is 0.383 e. The molecule has 1 saturated carbocycles. The van der Waals surface area contributed by atoms with Gasteiger partial charge in [0.15, 0.2) is 0 Å². The van der Waals surface area contributed by atoms with Crippen LogP contribution in [0.2, 0.25) is 5.02 Å². The van der Waals surface area contributed by atoms with Gasteiger partial charge in [0.1, 0.15) is 17.3 Å². The summed E-state index contributed by atoms with van der Waals surface area (Å²) in [5.74, 6) is 0.311. The lowest BCUT2D eigenvalue weighted by Gasteiger charge is -2.32. The second-order valence-corrected chi connectivity index (χ2v) is 10.5. The van der Waals surface area contributed by atoms with Gasteiger partial charge in [-0.05, 0) is 56.4 Å². The van der Waals surface area contributed by atoms with Gasteiger partial charge in [-0.25, -0.2) is 13.8 Å². The van der Waals surface area contributed by atoms with Gasteiger partial charge in [0, 0.05) is 69.6 Å². The Bertz CT molecular complexity index is 998. The molecular weight excluding hydrogens is 486 g/mol. The van der Waals surface area contributed by atoms with E-state index in [0.29, 0.717) is 55.8 Å². The van der Waals surface area contributed by atoms with E-state index < -0.39 is 11.5 Å². The van der Waals surface area contributed by atoms with Gasteiger partial charge in [-0.3, -0.25) is 0 Å². The van der Waals surface area contributed by atoms with E-state index in [1.165, 1.54) is 6.07 Å². The summed E-state index contributed by atoms with van der Waals surface area (Å²) in [5.41, 5.74) is 0.353. The predicted molar refractivity (Wildman–Crippen MR) is 141 cm³/mol. The lowest BCUT2D eigenvalue weighted by Crippen LogP contribution is -2.42. The monoisotopic (exact) mass is 522 g/mol. The number of hydrogen-bond acceptors (Lipinski definition) is 6. The van der Waals surface area contributed by atoms with Gasteiger partial charge < -0.3 is 25.4 Å². The number of halogens is 3. The summed E-state index contributed by atoms with van der Waals surface area (Å²) in [6, 6.07) is 7.82. The lowest BCUT2D eigenvalue weighted by molar-refractivity contribution is -0.00117. The van der Waals surface area contributed by atoms with Crippen LogP contribution < -0.4 is 16.0 Å². The van der Waals surface area contributed by atoms with Gasteiger partial charge in [-0.15, -0.1) is 0 Å². The summed E-state index contributed by atoms with van der Waals surface area (Å²) in [6.45, 7) is 3.65. The molecule has 2 aliphatic rings. The SMILES string of the molecule is COC[C@H](C)N[C@H]1CC[C@H](Nc2cc(-c3ccc(F)c(NCC4(F)CCOCC4)c3)c(Cl)cn2)CC1. The van der Waals surface area contributed by atoms with E-state index in [9.17, 15) is 8.78 Å². The number of hydrogen-bond donors (Lipinski definition) is 3. The molecule has 2 aromatic rings. The number of anilines is 2. The lowest BCUT2D eigenvalue weighted by atomic mass is 9.90.